The highest BCUT2D eigenvalue weighted by atomic mass is 127. The van der Waals surface area contributed by atoms with E-state index in [1.807, 2.05) is 24.3 Å². The van der Waals surface area contributed by atoms with Crippen molar-refractivity contribution in [1.29, 1.82) is 0 Å². The van der Waals surface area contributed by atoms with Gasteiger partial charge < -0.3 is 5.73 Å². The molecule has 0 radical (unpaired) electrons. The summed E-state index contributed by atoms with van der Waals surface area (Å²) >= 11 is 8.42. The first kappa shape index (κ1) is 12.9. The summed E-state index contributed by atoms with van der Waals surface area (Å²) in [5.74, 6) is 0. The molecule has 88 valence electrons. The Bertz CT molecular complexity index is 496. The molecule has 0 fully saturated rings. The van der Waals surface area contributed by atoms with E-state index in [-0.39, 0.29) is 6.04 Å². The van der Waals surface area contributed by atoms with Gasteiger partial charge in [0.05, 0.1) is 0 Å². The van der Waals surface area contributed by atoms with Gasteiger partial charge in [-0.25, -0.2) is 0 Å². The van der Waals surface area contributed by atoms with Crippen molar-refractivity contribution in [3.63, 3.8) is 0 Å². The molecule has 0 amide bonds. The van der Waals surface area contributed by atoms with Crippen LogP contribution in [0, 0.1) is 3.57 Å². The first-order chi connectivity index (χ1) is 8.16. The van der Waals surface area contributed by atoms with E-state index >= 15 is 0 Å². The zero-order valence-corrected chi connectivity index (χ0v) is 12.1. The van der Waals surface area contributed by atoms with Crippen LogP contribution in [0.2, 0.25) is 5.02 Å². The van der Waals surface area contributed by atoms with Crippen molar-refractivity contribution >= 4 is 34.2 Å². The maximum absolute atomic E-state index is 6.18. The molecular weight excluding hydrogens is 345 g/mol. The molecular formula is C14H13ClIN. The Hall–Kier alpha value is -0.580. The average molecular weight is 358 g/mol. The van der Waals surface area contributed by atoms with Crippen molar-refractivity contribution in [3.05, 3.63) is 68.3 Å². The largest absolute Gasteiger partial charge is 0.324 e. The van der Waals surface area contributed by atoms with Crippen LogP contribution in [-0.2, 0) is 6.42 Å². The summed E-state index contributed by atoms with van der Waals surface area (Å²) in [6.45, 7) is 0. The van der Waals surface area contributed by atoms with Crippen LogP contribution in [-0.4, -0.2) is 0 Å². The zero-order valence-electron chi connectivity index (χ0n) is 9.24. The smallest absolute Gasteiger partial charge is 0.0453 e. The lowest BCUT2D eigenvalue weighted by molar-refractivity contribution is 0.722. The second-order valence-corrected chi connectivity index (χ2v) is 5.61. The molecule has 0 aliphatic carbocycles. The van der Waals surface area contributed by atoms with Gasteiger partial charge in [-0.05, 0) is 58.3 Å². The lowest BCUT2D eigenvalue weighted by Gasteiger charge is -2.13. The standard InChI is InChI=1S/C14H13ClIN/c15-13-4-2-1-3-12(13)14(17)9-10-5-7-11(16)8-6-10/h1-8,14H,9,17H2. The predicted molar refractivity (Wildman–Crippen MR) is 81.2 cm³/mol. The Morgan fingerprint density at radius 1 is 1.06 bits per heavy atom. The van der Waals surface area contributed by atoms with Crippen LogP contribution in [0.5, 0.6) is 0 Å². The maximum atomic E-state index is 6.18. The van der Waals surface area contributed by atoms with Crippen molar-refractivity contribution < 1.29 is 0 Å². The van der Waals surface area contributed by atoms with Gasteiger partial charge in [0.1, 0.15) is 0 Å². The number of nitrogens with two attached hydrogens (primary N) is 1. The first-order valence-corrected chi connectivity index (χ1v) is 6.87. The number of halogens is 2. The van der Waals surface area contributed by atoms with Crippen molar-refractivity contribution in [2.24, 2.45) is 5.73 Å². The number of rotatable bonds is 3. The minimum absolute atomic E-state index is 0.0521. The number of hydrogen-bond acceptors (Lipinski definition) is 1. The third-order valence-corrected chi connectivity index (χ3v) is 3.74. The molecule has 17 heavy (non-hydrogen) atoms. The van der Waals surface area contributed by atoms with Gasteiger partial charge in [0.15, 0.2) is 0 Å². The number of hydrogen-bond donors (Lipinski definition) is 1. The monoisotopic (exact) mass is 357 g/mol. The molecule has 0 aliphatic heterocycles. The third kappa shape index (κ3) is 3.44. The fraction of sp³-hybridized carbons (Fsp3) is 0.143. The molecule has 1 atom stereocenters. The van der Waals surface area contributed by atoms with Gasteiger partial charge in [-0.2, -0.15) is 0 Å². The Kier molecular flexibility index (Phi) is 4.42. The van der Waals surface area contributed by atoms with Crippen LogP contribution in [0.15, 0.2) is 48.5 Å². The number of benzene rings is 2. The molecule has 0 saturated carbocycles. The highest BCUT2D eigenvalue weighted by Gasteiger charge is 2.10. The van der Waals surface area contributed by atoms with Gasteiger partial charge in [0.2, 0.25) is 0 Å². The van der Waals surface area contributed by atoms with Crippen LogP contribution in [0.4, 0.5) is 0 Å². The molecule has 0 aromatic heterocycles. The Morgan fingerprint density at radius 2 is 1.71 bits per heavy atom. The fourth-order valence-corrected chi connectivity index (χ4v) is 2.40. The van der Waals surface area contributed by atoms with Crippen molar-refractivity contribution in [1.82, 2.24) is 0 Å². The highest BCUT2D eigenvalue weighted by Crippen LogP contribution is 2.23. The quantitative estimate of drug-likeness (QED) is 0.819. The Labute approximate surface area is 120 Å². The second-order valence-electron chi connectivity index (χ2n) is 3.96. The zero-order chi connectivity index (χ0) is 12.3. The van der Waals surface area contributed by atoms with Crippen LogP contribution < -0.4 is 5.73 Å². The van der Waals surface area contributed by atoms with E-state index in [0.717, 1.165) is 17.0 Å². The SMILES string of the molecule is NC(Cc1ccc(I)cc1)c1ccccc1Cl. The van der Waals surface area contributed by atoms with Crippen LogP contribution in [0.3, 0.4) is 0 Å². The molecule has 2 aromatic rings. The van der Waals surface area contributed by atoms with E-state index < -0.39 is 0 Å². The molecule has 2 aromatic carbocycles. The molecule has 1 unspecified atom stereocenters. The lowest BCUT2D eigenvalue weighted by atomic mass is 10.00. The summed E-state index contributed by atoms with van der Waals surface area (Å²) in [6, 6.07) is 16.1. The van der Waals surface area contributed by atoms with Crippen molar-refractivity contribution in [2.45, 2.75) is 12.5 Å². The second kappa shape index (κ2) is 5.85. The molecule has 0 aliphatic rings. The highest BCUT2D eigenvalue weighted by molar-refractivity contribution is 14.1. The molecule has 1 nitrogen and oxygen atoms in total. The van der Waals surface area contributed by atoms with E-state index in [2.05, 4.69) is 46.9 Å². The summed E-state index contributed by atoms with van der Waals surface area (Å²) in [5, 5.41) is 0.741. The van der Waals surface area contributed by atoms with Gasteiger partial charge in [-0.15, -0.1) is 0 Å². The molecule has 2 rings (SSSR count). The van der Waals surface area contributed by atoms with Crippen LogP contribution in [0.25, 0.3) is 0 Å². The molecule has 2 N–H and O–H groups in total. The summed E-state index contributed by atoms with van der Waals surface area (Å²) < 4.78 is 1.23. The summed E-state index contributed by atoms with van der Waals surface area (Å²) in [6.07, 6.45) is 0.806. The molecule has 3 heteroatoms. The molecule has 0 heterocycles. The van der Waals surface area contributed by atoms with E-state index in [0.29, 0.717) is 0 Å². The summed E-state index contributed by atoms with van der Waals surface area (Å²) in [4.78, 5) is 0. The van der Waals surface area contributed by atoms with E-state index in [9.17, 15) is 0 Å². The maximum Gasteiger partial charge on any atom is 0.0453 e. The van der Waals surface area contributed by atoms with Gasteiger partial charge in [0, 0.05) is 14.6 Å². The minimum atomic E-state index is -0.0521. The average Bonchev–Trinajstić information content (AvgIpc) is 2.32. The normalized spacial score (nSPS) is 12.4. The fourth-order valence-electron chi connectivity index (χ4n) is 1.76. The topological polar surface area (TPSA) is 26.0 Å². The first-order valence-electron chi connectivity index (χ1n) is 5.41. The molecule has 0 spiro atoms. The molecule has 0 bridgehead atoms. The predicted octanol–water partition coefficient (Wildman–Crippen LogP) is 4.19. The van der Waals surface area contributed by atoms with Gasteiger partial charge in [-0.3, -0.25) is 0 Å². The Balaban J connectivity index is 2.14. The summed E-state index contributed by atoms with van der Waals surface area (Å²) in [5.41, 5.74) is 8.42. The minimum Gasteiger partial charge on any atom is -0.324 e. The van der Waals surface area contributed by atoms with E-state index in [1.54, 1.807) is 0 Å². The van der Waals surface area contributed by atoms with E-state index in [1.165, 1.54) is 9.13 Å². The Morgan fingerprint density at radius 3 is 2.35 bits per heavy atom. The van der Waals surface area contributed by atoms with Crippen LogP contribution >= 0.6 is 34.2 Å². The van der Waals surface area contributed by atoms with E-state index in [4.69, 9.17) is 17.3 Å². The van der Waals surface area contributed by atoms with Crippen molar-refractivity contribution in [3.8, 4) is 0 Å². The van der Waals surface area contributed by atoms with Gasteiger partial charge >= 0.3 is 0 Å². The summed E-state index contributed by atoms with van der Waals surface area (Å²) in [7, 11) is 0. The van der Waals surface area contributed by atoms with Crippen molar-refractivity contribution in [2.75, 3.05) is 0 Å². The third-order valence-electron chi connectivity index (χ3n) is 2.67. The van der Waals surface area contributed by atoms with Crippen LogP contribution in [0.1, 0.15) is 17.2 Å². The lowest BCUT2D eigenvalue weighted by Crippen LogP contribution is -2.13. The van der Waals surface area contributed by atoms with Gasteiger partial charge in [-0.1, -0.05) is 41.9 Å². The molecule has 0 saturated heterocycles. The van der Waals surface area contributed by atoms with Gasteiger partial charge in [0.25, 0.3) is 0 Å².